The molecule has 0 bridgehead atoms. The molecule has 0 radical (unpaired) electrons. The largest absolute Gasteiger partial charge is 0.494 e. The van der Waals surface area contributed by atoms with Crippen LogP contribution in [0.25, 0.3) is 11.0 Å². The number of hydrogen-bond donors (Lipinski definition) is 1. The van der Waals surface area contributed by atoms with Gasteiger partial charge in [-0.1, -0.05) is 26.3 Å². The molecule has 98 valence electrons. The molecule has 1 aromatic heterocycles. The van der Waals surface area contributed by atoms with Crippen molar-refractivity contribution >= 4 is 17.0 Å². The molecule has 0 saturated carbocycles. The zero-order chi connectivity index (χ0) is 13.1. The van der Waals surface area contributed by atoms with E-state index in [1.807, 2.05) is 12.1 Å². The van der Waals surface area contributed by atoms with E-state index in [2.05, 4.69) is 29.5 Å². The Morgan fingerprint density at radius 1 is 1.39 bits per heavy atom. The molecule has 4 nitrogen and oxygen atoms in total. The number of nitrogens with zero attached hydrogens (tertiary/aromatic N) is 2. The molecule has 0 amide bonds. The van der Waals surface area contributed by atoms with Gasteiger partial charge in [0.15, 0.2) is 0 Å². The maximum atomic E-state index is 6.08. The van der Waals surface area contributed by atoms with Crippen LogP contribution in [-0.2, 0) is 0 Å². The van der Waals surface area contributed by atoms with Gasteiger partial charge in [0.25, 0.3) is 0 Å². The van der Waals surface area contributed by atoms with Crippen molar-refractivity contribution in [1.82, 2.24) is 9.55 Å². The number of anilines is 1. The average Bonchev–Trinajstić information content (AvgIpc) is 2.72. The van der Waals surface area contributed by atoms with E-state index in [4.69, 9.17) is 10.5 Å². The predicted molar refractivity (Wildman–Crippen MR) is 74.9 cm³/mol. The Balaban J connectivity index is 2.59. The molecule has 0 aliphatic rings. The normalized spacial score (nSPS) is 12.8. The highest BCUT2D eigenvalue weighted by Crippen LogP contribution is 2.31. The molecule has 18 heavy (non-hydrogen) atoms. The van der Waals surface area contributed by atoms with E-state index in [1.165, 1.54) is 0 Å². The first-order valence-electron chi connectivity index (χ1n) is 6.53. The molecular weight excluding hydrogens is 226 g/mol. The Bertz CT molecular complexity index is 533. The number of ether oxygens (including phenoxy) is 1. The zero-order valence-electron chi connectivity index (χ0n) is 11.3. The van der Waals surface area contributed by atoms with Gasteiger partial charge in [-0.05, 0) is 25.0 Å². The van der Waals surface area contributed by atoms with Crippen LogP contribution in [0.2, 0.25) is 0 Å². The van der Waals surface area contributed by atoms with Crippen LogP contribution >= 0.6 is 0 Å². The van der Waals surface area contributed by atoms with Gasteiger partial charge in [0.1, 0.15) is 11.3 Å². The molecule has 2 N–H and O–H groups in total. The van der Waals surface area contributed by atoms with Gasteiger partial charge in [-0.2, -0.15) is 0 Å². The second kappa shape index (κ2) is 5.29. The molecule has 0 fully saturated rings. The lowest BCUT2D eigenvalue weighted by Gasteiger charge is -2.18. The van der Waals surface area contributed by atoms with E-state index in [-0.39, 0.29) is 0 Å². The fraction of sp³-hybridized carbons (Fsp3) is 0.500. The highest BCUT2D eigenvalue weighted by Gasteiger charge is 2.17. The topological polar surface area (TPSA) is 53.1 Å². The van der Waals surface area contributed by atoms with E-state index in [9.17, 15) is 0 Å². The summed E-state index contributed by atoms with van der Waals surface area (Å²) in [4.78, 5) is 4.45. The SMILES string of the molecule is CCCC(CC)n1c(N)nc2c(OC)cccc21. The molecular formula is C14H21N3O. The highest BCUT2D eigenvalue weighted by atomic mass is 16.5. The molecule has 0 spiro atoms. The summed E-state index contributed by atoms with van der Waals surface area (Å²) in [5.74, 6) is 1.36. The van der Waals surface area contributed by atoms with Crippen LogP contribution in [0.3, 0.4) is 0 Å². The third-order valence-electron chi connectivity index (χ3n) is 3.39. The van der Waals surface area contributed by atoms with E-state index in [0.29, 0.717) is 12.0 Å². The van der Waals surface area contributed by atoms with Crippen LogP contribution in [0.4, 0.5) is 5.95 Å². The van der Waals surface area contributed by atoms with E-state index in [1.54, 1.807) is 7.11 Å². The third kappa shape index (κ3) is 2.03. The molecule has 4 heteroatoms. The highest BCUT2D eigenvalue weighted by molar-refractivity contribution is 5.84. The van der Waals surface area contributed by atoms with Gasteiger partial charge < -0.3 is 15.0 Å². The van der Waals surface area contributed by atoms with Gasteiger partial charge in [0.05, 0.1) is 12.6 Å². The standard InChI is InChI=1S/C14H21N3O/c1-4-7-10(5-2)17-11-8-6-9-12(18-3)13(11)16-14(17)15/h6,8-10H,4-5,7H2,1-3H3,(H2,15,16). The average molecular weight is 247 g/mol. The lowest BCUT2D eigenvalue weighted by molar-refractivity contribution is 0.419. The molecule has 1 atom stereocenters. The summed E-state index contributed by atoms with van der Waals surface area (Å²) in [5, 5.41) is 0. The first-order valence-corrected chi connectivity index (χ1v) is 6.53. The summed E-state index contributed by atoms with van der Waals surface area (Å²) in [7, 11) is 1.66. The van der Waals surface area contributed by atoms with Gasteiger partial charge >= 0.3 is 0 Å². The number of rotatable bonds is 5. The zero-order valence-corrected chi connectivity index (χ0v) is 11.3. The minimum absolute atomic E-state index is 0.409. The summed E-state index contributed by atoms with van der Waals surface area (Å²) in [6.07, 6.45) is 3.31. The summed E-state index contributed by atoms with van der Waals surface area (Å²) in [6, 6.07) is 6.36. The first-order chi connectivity index (χ1) is 8.72. The maximum Gasteiger partial charge on any atom is 0.201 e. The number of para-hydroxylation sites is 1. The summed E-state index contributed by atoms with van der Waals surface area (Å²) < 4.78 is 7.48. The van der Waals surface area contributed by atoms with E-state index >= 15 is 0 Å². The molecule has 2 aromatic rings. The number of nitrogens with two attached hydrogens (primary N) is 1. The van der Waals surface area contributed by atoms with Crippen LogP contribution in [-0.4, -0.2) is 16.7 Å². The smallest absolute Gasteiger partial charge is 0.201 e. The number of nitrogen functional groups attached to an aromatic ring is 1. The molecule has 1 aromatic carbocycles. The molecule has 1 unspecified atom stereocenters. The van der Waals surface area contributed by atoms with Crippen LogP contribution in [0.5, 0.6) is 5.75 Å². The maximum absolute atomic E-state index is 6.08. The second-order valence-electron chi connectivity index (χ2n) is 4.52. The number of hydrogen-bond acceptors (Lipinski definition) is 3. The van der Waals surface area contributed by atoms with Gasteiger partial charge in [-0.3, -0.25) is 0 Å². The van der Waals surface area contributed by atoms with E-state index < -0.39 is 0 Å². The molecule has 1 heterocycles. The molecule has 0 aliphatic carbocycles. The summed E-state index contributed by atoms with van der Waals surface area (Å²) >= 11 is 0. The van der Waals surface area contributed by atoms with Crippen molar-refractivity contribution in [1.29, 1.82) is 0 Å². The Kier molecular flexibility index (Phi) is 3.75. The van der Waals surface area contributed by atoms with Crippen molar-refractivity contribution in [3.05, 3.63) is 18.2 Å². The Hall–Kier alpha value is -1.71. The van der Waals surface area contributed by atoms with Crippen molar-refractivity contribution in [2.24, 2.45) is 0 Å². The minimum atomic E-state index is 0.409. The Morgan fingerprint density at radius 3 is 2.78 bits per heavy atom. The lowest BCUT2D eigenvalue weighted by Crippen LogP contribution is -2.11. The molecule has 2 rings (SSSR count). The van der Waals surface area contributed by atoms with Crippen molar-refractivity contribution in [2.45, 2.75) is 39.2 Å². The van der Waals surface area contributed by atoms with Crippen molar-refractivity contribution in [2.75, 3.05) is 12.8 Å². The number of fused-ring (bicyclic) bond motifs is 1. The minimum Gasteiger partial charge on any atom is -0.494 e. The monoisotopic (exact) mass is 247 g/mol. The molecule has 0 aliphatic heterocycles. The van der Waals surface area contributed by atoms with Crippen molar-refractivity contribution in [3.8, 4) is 5.75 Å². The van der Waals surface area contributed by atoms with Gasteiger partial charge in [0, 0.05) is 6.04 Å². The van der Waals surface area contributed by atoms with Gasteiger partial charge in [0.2, 0.25) is 5.95 Å². The number of aromatic nitrogens is 2. The second-order valence-corrected chi connectivity index (χ2v) is 4.52. The van der Waals surface area contributed by atoms with Crippen LogP contribution < -0.4 is 10.5 Å². The molecule has 0 saturated heterocycles. The lowest BCUT2D eigenvalue weighted by atomic mass is 10.1. The van der Waals surface area contributed by atoms with Crippen LogP contribution in [0.15, 0.2) is 18.2 Å². The first kappa shape index (κ1) is 12.7. The number of methoxy groups -OCH3 is 1. The summed E-state index contributed by atoms with van der Waals surface area (Å²) in [6.45, 7) is 4.38. The summed E-state index contributed by atoms with van der Waals surface area (Å²) in [5.41, 5.74) is 8.00. The third-order valence-corrected chi connectivity index (χ3v) is 3.39. The van der Waals surface area contributed by atoms with Gasteiger partial charge in [-0.25, -0.2) is 4.98 Å². The Labute approximate surface area is 108 Å². The van der Waals surface area contributed by atoms with Crippen LogP contribution in [0, 0.1) is 0 Å². The van der Waals surface area contributed by atoms with Gasteiger partial charge in [-0.15, -0.1) is 0 Å². The quantitative estimate of drug-likeness (QED) is 0.881. The fourth-order valence-electron chi connectivity index (χ4n) is 2.51. The number of benzene rings is 1. The van der Waals surface area contributed by atoms with Crippen molar-refractivity contribution in [3.63, 3.8) is 0 Å². The van der Waals surface area contributed by atoms with Crippen LogP contribution in [0.1, 0.15) is 39.2 Å². The fourth-order valence-corrected chi connectivity index (χ4v) is 2.51. The van der Waals surface area contributed by atoms with Crippen molar-refractivity contribution < 1.29 is 4.74 Å². The van der Waals surface area contributed by atoms with E-state index in [0.717, 1.165) is 36.0 Å². The Morgan fingerprint density at radius 2 is 2.17 bits per heavy atom. The predicted octanol–water partition coefficient (Wildman–Crippen LogP) is 3.38. The number of imidazole rings is 1.